The summed E-state index contributed by atoms with van der Waals surface area (Å²) in [5, 5.41) is 0. The molecule has 0 amide bonds. The molecule has 0 spiro atoms. The zero-order valence-electron chi connectivity index (χ0n) is 13.6. The van der Waals surface area contributed by atoms with Crippen LogP contribution in [-0.2, 0) is 27.8 Å². The van der Waals surface area contributed by atoms with E-state index >= 15 is 0 Å². The Kier molecular flexibility index (Phi) is 6.07. The second-order valence-electron chi connectivity index (χ2n) is 6.66. The maximum Gasteiger partial charge on any atom is 0.332 e. The Morgan fingerprint density at radius 3 is 1.18 bits per heavy atom. The lowest BCUT2D eigenvalue weighted by atomic mass is 10.0. The van der Waals surface area contributed by atoms with Crippen molar-refractivity contribution in [3.63, 3.8) is 0 Å². The van der Waals surface area contributed by atoms with E-state index in [1.54, 1.807) is 0 Å². The molecule has 6 atom stereocenters. The minimum atomic E-state index is -1.37. The average molecular weight is 334 g/mol. The second-order valence-corrected chi connectivity index (χ2v) is 7.88. The minimum Gasteiger partial charge on any atom is -0.375 e. The quantitative estimate of drug-likeness (QED) is 0.604. The molecule has 6 nitrogen and oxygen atoms in total. The van der Waals surface area contributed by atoms with Gasteiger partial charge >= 0.3 is 8.60 Å². The minimum absolute atomic E-state index is 0.162. The lowest BCUT2D eigenvalue weighted by Gasteiger charge is -2.37. The van der Waals surface area contributed by atoms with Crippen molar-refractivity contribution in [1.29, 1.82) is 0 Å². The van der Waals surface area contributed by atoms with Crippen LogP contribution in [0.15, 0.2) is 0 Å². The van der Waals surface area contributed by atoms with Crippen molar-refractivity contribution < 1.29 is 27.8 Å². The highest BCUT2D eigenvalue weighted by Crippen LogP contribution is 2.43. The van der Waals surface area contributed by atoms with Gasteiger partial charge in [-0.2, -0.15) is 0 Å². The van der Waals surface area contributed by atoms with Crippen molar-refractivity contribution in [3.05, 3.63) is 0 Å². The standard InChI is InChI=1S/C15H27O6P/c1-10-4-16-13(10)7-19-22(20-8-14-11(2)5-17-14)21-9-15-12(3)6-18-15/h10-15H,4-9H2,1-3H3. The molecule has 22 heavy (non-hydrogen) atoms. The maximum atomic E-state index is 5.81. The summed E-state index contributed by atoms with van der Waals surface area (Å²) in [4.78, 5) is 0. The molecular weight excluding hydrogens is 307 g/mol. The van der Waals surface area contributed by atoms with Crippen LogP contribution in [0.25, 0.3) is 0 Å². The number of ether oxygens (including phenoxy) is 3. The second kappa shape index (κ2) is 7.84. The van der Waals surface area contributed by atoms with Crippen molar-refractivity contribution in [2.24, 2.45) is 17.8 Å². The smallest absolute Gasteiger partial charge is 0.332 e. The molecule has 3 heterocycles. The third kappa shape index (κ3) is 4.18. The van der Waals surface area contributed by atoms with E-state index < -0.39 is 8.60 Å². The van der Waals surface area contributed by atoms with E-state index in [0.29, 0.717) is 37.6 Å². The number of hydrogen-bond donors (Lipinski definition) is 0. The summed E-state index contributed by atoms with van der Waals surface area (Å²) in [7, 11) is -1.37. The number of hydrogen-bond acceptors (Lipinski definition) is 6. The molecule has 7 heteroatoms. The van der Waals surface area contributed by atoms with Crippen LogP contribution < -0.4 is 0 Å². The van der Waals surface area contributed by atoms with Gasteiger partial charge in [0.25, 0.3) is 0 Å². The number of rotatable bonds is 9. The van der Waals surface area contributed by atoms with Gasteiger partial charge in [-0.3, -0.25) is 0 Å². The molecule has 3 saturated heterocycles. The van der Waals surface area contributed by atoms with Crippen LogP contribution in [0.1, 0.15) is 20.8 Å². The first-order valence-electron chi connectivity index (χ1n) is 8.17. The Balaban J connectivity index is 1.39. The fraction of sp³-hybridized carbons (Fsp3) is 1.00. The lowest BCUT2D eigenvalue weighted by Crippen LogP contribution is -2.42. The molecule has 6 unspecified atom stereocenters. The van der Waals surface area contributed by atoms with Crippen molar-refractivity contribution in [3.8, 4) is 0 Å². The van der Waals surface area contributed by atoms with Crippen LogP contribution in [0.5, 0.6) is 0 Å². The molecule has 0 aromatic carbocycles. The summed E-state index contributed by atoms with van der Waals surface area (Å²) < 4.78 is 33.8. The lowest BCUT2D eigenvalue weighted by molar-refractivity contribution is -0.140. The van der Waals surface area contributed by atoms with Gasteiger partial charge in [0.1, 0.15) is 0 Å². The van der Waals surface area contributed by atoms with Crippen LogP contribution >= 0.6 is 8.60 Å². The fourth-order valence-corrected chi connectivity index (χ4v) is 3.46. The van der Waals surface area contributed by atoms with Gasteiger partial charge < -0.3 is 27.8 Å². The maximum absolute atomic E-state index is 5.81. The highest BCUT2D eigenvalue weighted by Gasteiger charge is 2.34. The summed E-state index contributed by atoms with van der Waals surface area (Å²) in [5.41, 5.74) is 0. The van der Waals surface area contributed by atoms with Gasteiger partial charge in [0, 0.05) is 17.8 Å². The first-order valence-corrected chi connectivity index (χ1v) is 9.26. The predicted molar refractivity (Wildman–Crippen MR) is 81.5 cm³/mol. The van der Waals surface area contributed by atoms with E-state index in [0.717, 1.165) is 19.8 Å². The van der Waals surface area contributed by atoms with E-state index in [1.807, 2.05) is 0 Å². The Hall–Kier alpha value is 0.190. The van der Waals surface area contributed by atoms with Crippen LogP contribution in [0, 0.1) is 17.8 Å². The Morgan fingerprint density at radius 2 is 1.00 bits per heavy atom. The predicted octanol–water partition coefficient (Wildman–Crippen LogP) is 2.37. The van der Waals surface area contributed by atoms with E-state index in [-0.39, 0.29) is 18.3 Å². The summed E-state index contributed by atoms with van der Waals surface area (Å²) in [6.07, 6.45) is 0.486. The summed E-state index contributed by atoms with van der Waals surface area (Å²) >= 11 is 0. The Labute approximate surface area is 133 Å². The molecule has 0 N–H and O–H groups in total. The van der Waals surface area contributed by atoms with Crippen molar-refractivity contribution in [1.82, 2.24) is 0 Å². The summed E-state index contributed by atoms with van der Waals surface area (Å²) in [5.74, 6) is 1.63. The molecule has 0 aromatic rings. The first kappa shape index (κ1) is 17.0. The molecule has 0 aromatic heterocycles. The van der Waals surface area contributed by atoms with Crippen LogP contribution in [0.3, 0.4) is 0 Å². The molecular formula is C15H27O6P. The topological polar surface area (TPSA) is 55.4 Å². The third-order valence-corrected chi connectivity index (χ3v) is 5.74. The highest BCUT2D eigenvalue weighted by atomic mass is 31.2. The molecule has 0 radical (unpaired) electrons. The fourth-order valence-electron chi connectivity index (χ4n) is 2.43. The molecule has 128 valence electrons. The van der Waals surface area contributed by atoms with Crippen LogP contribution in [0.4, 0.5) is 0 Å². The van der Waals surface area contributed by atoms with Crippen molar-refractivity contribution >= 4 is 8.60 Å². The third-order valence-electron chi connectivity index (χ3n) is 4.66. The SMILES string of the molecule is CC1COC1COP(OCC1OCC1C)OCC1OCC1C. The molecule has 3 aliphatic rings. The zero-order valence-corrected chi connectivity index (χ0v) is 14.5. The Morgan fingerprint density at radius 1 is 0.682 bits per heavy atom. The summed E-state index contributed by atoms with van der Waals surface area (Å²) in [6, 6.07) is 0. The van der Waals surface area contributed by atoms with Crippen LogP contribution in [-0.4, -0.2) is 58.0 Å². The van der Waals surface area contributed by atoms with Gasteiger partial charge in [0.05, 0.1) is 58.0 Å². The Bertz CT molecular complexity index is 305. The average Bonchev–Trinajstić information content (AvgIpc) is 2.50. The van der Waals surface area contributed by atoms with Crippen molar-refractivity contribution in [2.75, 3.05) is 39.6 Å². The van der Waals surface area contributed by atoms with Gasteiger partial charge in [-0.15, -0.1) is 0 Å². The van der Waals surface area contributed by atoms with Crippen LogP contribution in [0.2, 0.25) is 0 Å². The van der Waals surface area contributed by atoms with E-state index in [4.69, 9.17) is 27.8 Å². The van der Waals surface area contributed by atoms with Gasteiger partial charge in [0.2, 0.25) is 0 Å². The molecule has 0 aliphatic carbocycles. The van der Waals surface area contributed by atoms with Gasteiger partial charge in [-0.1, -0.05) is 20.8 Å². The van der Waals surface area contributed by atoms with Crippen molar-refractivity contribution in [2.45, 2.75) is 39.1 Å². The largest absolute Gasteiger partial charge is 0.375 e. The van der Waals surface area contributed by atoms with E-state index in [9.17, 15) is 0 Å². The van der Waals surface area contributed by atoms with Gasteiger partial charge in [-0.05, 0) is 0 Å². The molecule has 3 fully saturated rings. The van der Waals surface area contributed by atoms with Gasteiger partial charge in [-0.25, -0.2) is 0 Å². The molecule has 3 aliphatic heterocycles. The molecule has 3 rings (SSSR count). The highest BCUT2D eigenvalue weighted by molar-refractivity contribution is 7.41. The zero-order chi connectivity index (χ0) is 15.5. The normalized spacial score (nSPS) is 42.1. The molecule has 0 bridgehead atoms. The monoisotopic (exact) mass is 334 g/mol. The van der Waals surface area contributed by atoms with Gasteiger partial charge in [0.15, 0.2) is 0 Å². The van der Waals surface area contributed by atoms with E-state index in [1.165, 1.54) is 0 Å². The first-order chi connectivity index (χ1) is 10.6. The molecule has 0 saturated carbocycles. The summed E-state index contributed by atoms with van der Waals surface area (Å²) in [6.45, 7) is 10.5. The van der Waals surface area contributed by atoms with E-state index in [2.05, 4.69) is 20.8 Å².